The van der Waals surface area contributed by atoms with Gasteiger partial charge >= 0.3 is 0 Å². The average Bonchev–Trinajstić information content (AvgIpc) is 2.64. The van der Waals surface area contributed by atoms with Crippen LogP contribution in [-0.2, 0) is 23.4 Å². The number of aromatic nitrogens is 2. The third kappa shape index (κ3) is 5.92. The molecule has 140 valence electrons. The Balaban J connectivity index is 2.04. The minimum Gasteiger partial charge on any atom is -0.325 e. The highest BCUT2D eigenvalue weighted by molar-refractivity contribution is 7.99. The molecule has 2 rings (SSSR count). The second kappa shape index (κ2) is 10.4. The Morgan fingerprint density at radius 2 is 1.88 bits per heavy atom. The highest BCUT2D eigenvalue weighted by atomic mass is 32.2. The van der Waals surface area contributed by atoms with Crippen LogP contribution in [0.5, 0.6) is 0 Å². The van der Waals surface area contributed by atoms with Gasteiger partial charge in [0.05, 0.1) is 11.4 Å². The van der Waals surface area contributed by atoms with Gasteiger partial charge in [-0.3, -0.25) is 9.59 Å². The third-order valence-electron chi connectivity index (χ3n) is 3.83. The fraction of sp³-hybridized carbons (Fsp3) is 0.421. The van der Waals surface area contributed by atoms with Crippen LogP contribution in [0.2, 0.25) is 0 Å². The summed E-state index contributed by atoms with van der Waals surface area (Å²) in [7, 11) is 0. The summed E-state index contributed by atoms with van der Waals surface area (Å²) in [5, 5.41) is 3.52. The molecule has 0 bridgehead atoms. The molecule has 7 heteroatoms. The molecule has 0 saturated heterocycles. The summed E-state index contributed by atoms with van der Waals surface area (Å²) in [4.78, 5) is 31.3. The summed E-state index contributed by atoms with van der Waals surface area (Å²) in [6.45, 7) is 6.22. The van der Waals surface area contributed by atoms with Crippen molar-refractivity contribution in [1.29, 1.82) is 0 Å². The monoisotopic (exact) mass is 391 g/mol. The van der Waals surface area contributed by atoms with Crippen LogP contribution >= 0.6 is 23.5 Å². The van der Waals surface area contributed by atoms with Crippen LogP contribution in [0, 0.1) is 0 Å². The molecule has 2 N–H and O–H groups in total. The van der Waals surface area contributed by atoms with E-state index in [4.69, 9.17) is 0 Å². The number of carbonyl (C=O) groups is 1. The number of H-pyrrole nitrogens is 1. The van der Waals surface area contributed by atoms with Crippen molar-refractivity contribution >= 4 is 35.1 Å². The maximum absolute atomic E-state index is 12.4. The van der Waals surface area contributed by atoms with Crippen LogP contribution in [0.1, 0.15) is 37.6 Å². The van der Waals surface area contributed by atoms with E-state index in [1.165, 1.54) is 17.8 Å². The molecule has 2 aromatic rings. The summed E-state index contributed by atoms with van der Waals surface area (Å²) >= 11 is 2.96. The Bertz CT molecular complexity index is 783. The summed E-state index contributed by atoms with van der Waals surface area (Å²) in [5.41, 5.74) is 3.74. The quantitative estimate of drug-likeness (QED) is 0.501. The molecular weight excluding hydrogens is 366 g/mol. The van der Waals surface area contributed by atoms with E-state index in [1.807, 2.05) is 18.2 Å². The molecule has 0 atom stereocenters. The highest BCUT2D eigenvalue weighted by Gasteiger charge is 2.11. The van der Waals surface area contributed by atoms with Crippen molar-refractivity contribution in [2.45, 2.75) is 44.5 Å². The zero-order valence-electron chi connectivity index (χ0n) is 15.4. The zero-order valence-corrected chi connectivity index (χ0v) is 17.1. The predicted octanol–water partition coefficient (Wildman–Crippen LogP) is 3.88. The molecule has 1 aromatic heterocycles. The molecular formula is C19H25N3O2S2. The number of thioether (sulfide) groups is 2. The van der Waals surface area contributed by atoms with E-state index in [9.17, 15) is 9.59 Å². The molecule has 0 fully saturated rings. The first-order chi connectivity index (χ1) is 12.6. The molecule has 26 heavy (non-hydrogen) atoms. The molecule has 1 aromatic carbocycles. The van der Waals surface area contributed by atoms with Gasteiger partial charge < -0.3 is 10.3 Å². The number of hydrogen-bond acceptors (Lipinski definition) is 5. The fourth-order valence-corrected chi connectivity index (χ4v) is 3.80. The maximum atomic E-state index is 12.4. The van der Waals surface area contributed by atoms with E-state index in [0.717, 1.165) is 41.1 Å². The second-order valence-corrected chi connectivity index (χ2v) is 7.91. The number of amides is 1. The van der Waals surface area contributed by atoms with Crippen LogP contribution < -0.4 is 10.9 Å². The lowest BCUT2D eigenvalue weighted by Crippen LogP contribution is -2.17. The van der Waals surface area contributed by atoms with Crippen molar-refractivity contribution in [2.75, 3.05) is 16.8 Å². The van der Waals surface area contributed by atoms with Crippen LogP contribution in [0.4, 0.5) is 5.69 Å². The lowest BCUT2D eigenvalue weighted by atomic mass is 10.0. The standard InChI is InChI=1S/C19H25N3O2S2/c1-4-13-8-7-9-14(5-2)18(13)21-17(24)12-26-19-20-15(11-25-6-3)10-16(23)22-19/h7-10H,4-6,11-12H2,1-3H3,(H,21,24)(H,20,22,23). The van der Waals surface area contributed by atoms with Crippen molar-refractivity contribution in [3.8, 4) is 0 Å². The van der Waals surface area contributed by atoms with Crippen LogP contribution in [0.25, 0.3) is 0 Å². The first-order valence-electron chi connectivity index (χ1n) is 8.78. The largest absolute Gasteiger partial charge is 0.325 e. The predicted molar refractivity (Wildman–Crippen MR) is 111 cm³/mol. The number of carbonyl (C=O) groups excluding carboxylic acids is 1. The molecule has 0 saturated carbocycles. The van der Waals surface area contributed by atoms with Gasteiger partial charge in [0.1, 0.15) is 0 Å². The number of hydrogen-bond donors (Lipinski definition) is 2. The lowest BCUT2D eigenvalue weighted by Gasteiger charge is -2.14. The summed E-state index contributed by atoms with van der Waals surface area (Å²) in [6.07, 6.45) is 1.73. The molecule has 0 unspecified atom stereocenters. The molecule has 0 radical (unpaired) electrons. The van der Waals surface area contributed by atoms with E-state index in [-0.39, 0.29) is 17.2 Å². The SMILES string of the molecule is CCSCc1cc(=O)[nH]c(SCC(=O)Nc2c(CC)cccc2CC)n1. The number of benzene rings is 1. The van der Waals surface area contributed by atoms with Crippen molar-refractivity contribution in [2.24, 2.45) is 0 Å². The summed E-state index contributed by atoms with van der Waals surface area (Å²) in [5.74, 6) is 1.77. The first-order valence-corrected chi connectivity index (χ1v) is 10.9. The smallest absolute Gasteiger partial charge is 0.251 e. The van der Waals surface area contributed by atoms with Crippen LogP contribution in [0.15, 0.2) is 34.2 Å². The summed E-state index contributed by atoms with van der Waals surface area (Å²) in [6, 6.07) is 7.61. The molecule has 1 amide bonds. The number of para-hydroxylation sites is 1. The summed E-state index contributed by atoms with van der Waals surface area (Å²) < 4.78 is 0. The topological polar surface area (TPSA) is 74.8 Å². The van der Waals surface area contributed by atoms with Gasteiger partial charge in [0, 0.05) is 17.5 Å². The van der Waals surface area contributed by atoms with Crippen molar-refractivity contribution < 1.29 is 4.79 Å². The molecule has 5 nitrogen and oxygen atoms in total. The van der Waals surface area contributed by atoms with Gasteiger partial charge in [0.25, 0.3) is 5.56 Å². The van der Waals surface area contributed by atoms with Crippen molar-refractivity contribution in [1.82, 2.24) is 9.97 Å². The Morgan fingerprint density at radius 3 is 2.50 bits per heavy atom. The normalized spacial score (nSPS) is 10.7. The van der Waals surface area contributed by atoms with Crippen LogP contribution in [-0.4, -0.2) is 27.4 Å². The number of anilines is 1. The highest BCUT2D eigenvalue weighted by Crippen LogP contribution is 2.23. The van der Waals surface area contributed by atoms with Gasteiger partial charge in [-0.1, -0.05) is 50.7 Å². The third-order valence-corrected chi connectivity index (χ3v) is 5.61. The van der Waals surface area contributed by atoms with E-state index >= 15 is 0 Å². The van der Waals surface area contributed by atoms with Gasteiger partial charge in [-0.15, -0.1) is 0 Å². The van der Waals surface area contributed by atoms with E-state index < -0.39 is 0 Å². The van der Waals surface area contributed by atoms with Gasteiger partial charge in [-0.2, -0.15) is 11.8 Å². The zero-order chi connectivity index (χ0) is 18.9. The Labute approximate surface area is 162 Å². The molecule has 1 heterocycles. The minimum atomic E-state index is -0.181. The fourth-order valence-electron chi connectivity index (χ4n) is 2.54. The molecule has 0 aliphatic rings. The van der Waals surface area contributed by atoms with Crippen molar-refractivity contribution in [3.63, 3.8) is 0 Å². The number of aryl methyl sites for hydroxylation is 2. The molecule has 0 aliphatic heterocycles. The van der Waals surface area contributed by atoms with Crippen molar-refractivity contribution in [3.05, 3.63) is 51.4 Å². The van der Waals surface area contributed by atoms with Gasteiger partial charge in [-0.05, 0) is 29.7 Å². The van der Waals surface area contributed by atoms with Gasteiger partial charge in [0.15, 0.2) is 5.16 Å². The number of nitrogens with one attached hydrogen (secondary N) is 2. The molecule has 0 aliphatic carbocycles. The van der Waals surface area contributed by atoms with E-state index in [2.05, 4.69) is 36.1 Å². The maximum Gasteiger partial charge on any atom is 0.251 e. The average molecular weight is 392 g/mol. The van der Waals surface area contributed by atoms with Gasteiger partial charge in [-0.25, -0.2) is 4.98 Å². The lowest BCUT2D eigenvalue weighted by molar-refractivity contribution is -0.113. The Kier molecular flexibility index (Phi) is 8.25. The van der Waals surface area contributed by atoms with E-state index in [1.54, 1.807) is 11.8 Å². The number of aromatic amines is 1. The molecule has 0 spiro atoms. The van der Waals surface area contributed by atoms with E-state index in [0.29, 0.717) is 10.9 Å². The minimum absolute atomic E-state index is 0.0958. The second-order valence-electron chi connectivity index (χ2n) is 5.67. The Morgan fingerprint density at radius 1 is 1.19 bits per heavy atom. The van der Waals surface area contributed by atoms with Gasteiger partial charge in [0.2, 0.25) is 5.91 Å². The first kappa shape index (κ1) is 20.6. The Hall–Kier alpha value is -1.73. The van der Waals surface area contributed by atoms with Crippen LogP contribution in [0.3, 0.4) is 0 Å². The number of rotatable bonds is 9. The number of nitrogens with zero attached hydrogens (tertiary/aromatic N) is 1.